The van der Waals surface area contributed by atoms with Gasteiger partial charge in [-0.3, -0.25) is 9.59 Å². The number of Topliss-reactive ketones (excluding diaryl/α,β-unsaturated/α-hetero) is 1. The molecule has 0 spiro atoms. The minimum atomic E-state index is -0.902. The largest absolute Gasteiger partial charge is 0.491 e. The van der Waals surface area contributed by atoms with Gasteiger partial charge in [0.05, 0.1) is 18.7 Å². The normalized spacial score (nSPS) is 11.5. The number of hydrogen-bond donors (Lipinski definition) is 0. The number of benzene rings is 2. The first-order chi connectivity index (χ1) is 14.8. The van der Waals surface area contributed by atoms with E-state index in [1.807, 2.05) is 51.1 Å². The smallest absolute Gasteiger partial charge is 0.302 e. The Hall–Kier alpha value is -3.26. The number of rotatable bonds is 10. The topological polar surface area (TPSA) is 92.5 Å². The van der Waals surface area contributed by atoms with E-state index in [1.54, 1.807) is 16.8 Å². The number of para-hydroxylation sites is 1. The van der Waals surface area contributed by atoms with Crippen LogP contribution in [0, 0.1) is 6.92 Å². The third kappa shape index (κ3) is 5.27. The van der Waals surface area contributed by atoms with E-state index in [4.69, 9.17) is 14.2 Å². The molecule has 3 rings (SSSR count). The summed E-state index contributed by atoms with van der Waals surface area (Å²) in [5.41, 5.74) is 2.09. The lowest BCUT2D eigenvalue weighted by Gasteiger charge is -2.24. The summed E-state index contributed by atoms with van der Waals surface area (Å²) in [6.07, 6.45) is 0. The lowest BCUT2D eigenvalue weighted by atomic mass is 9.92. The molecule has 1 aromatic heterocycles. The lowest BCUT2D eigenvalue weighted by Crippen LogP contribution is -2.37. The van der Waals surface area contributed by atoms with Gasteiger partial charge >= 0.3 is 5.97 Å². The summed E-state index contributed by atoms with van der Waals surface area (Å²) in [7, 11) is 0. The maximum atomic E-state index is 13.3. The molecular weight excluding hydrogens is 398 g/mol. The molecule has 0 fully saturated rings. The Bertz CT molecular complexity index is 1070. The van der Waals surface area contributed by atoms with Crippen LogP contribution >= 0.6 is 0 Å². The number of esters is 1. The van der Waals surface area contributed by atoms with Crippen LogP contribution in [0.4, 0.5) is 0 Å². The molecule has 2 aromatic carbocycles. The van der Waals surface area contributed by atoms with Crippen molar-refractivity contribution in [1.29, 1.82) is 0 Å². The molecule has 0 amide bonds. The van der Waals surface area contributed by atoms with Crippen molar-refractivity contribution in [3.63, 3.8) is 0 Å². The number of aryl methyl sites for hydroxylation is 1. The Morgan fingerprint density at radius 3 is 2.52 bits per heavy atom. The fraction of sp³-hybridized carbons (Fsp3) is 0.391. The van der Waals surface area contributed by atoms with E-state index in [1.165, 1.54) is 6.92 Å². The van der Waals surface area contributed by atoms with Crippen molar-refractivity contribution in [1.82, 2.24) is 15.0 Å². The monoisotopic (exact) mass is 425 g/mol. The van der Waals surface area contributed by atoms with Crippen LogP contribution in [0.5, 0.6) is 5.75 Å². The third-order valence-corrected chi connectivity index (χ3v) is 4.89. The Labute approximate surface area is 181 Å². The number of ketones is 1. The Balaban J connectivity index is 1.62. The summed E-state index contributed by atoms with van der Waals surface area (Å²) in [5.74, 6) is 0.293. The predicted molar refractivity (Wildman–Crippen MR) is 115 cm³/mol. The maximum absolute atomic E-state index is 13.3. The standard InChI is InChI=1S/C23H27N3O5/c1-16-15-18(9-10-21(16)31-14-12-29-11-13-30-17(2)27)22(28)23(3,4)26-20-8-6-5-7-19(20)24-25-26/h5-10,15H,11-14H2,1-4H3. The van der Waals surface area contributed by atoms with Gasteiger partial charge in [0.15, 0.2) is 5.78 Å². The predicted octanol–water partition coefficient (Wildman–Crippen LogP) is 3.32. The minimum Gasteiger partial charge on any atom is -0.491 e. The first kappa shape index (κ1) is 22.4. The fourth-order valence-electron chi connectivity index (χ4n) is 3.24. The zero-order valence-corrected chi connectivity index (χ0v) is 18.3. The van der Waals surface area contributed by atoms with Gasteiger partial charge in [-0.25, -0.2) is 4.68 Å². The zero-order chi connectivity index (χ0) is 22.4. The Kier molecular flexibility index (Phi) is 7.02. The molecule has 0 unspecified atom stereocenters. The highest BCUT2D eigenvalue weighted by Gasteiger charge is 2.33. The van der Waals surface area contributed by atoms with Gasteiger partial charge in [-0.15, -0.1) is 5.10 Å². The molecular formula is C23H27N3O5. The first-order valence-electron chi connectivity index (χ1n) is 10.1. The number of nitrogens with zero attached hydrogens (tertiary/aromatic N) is 3. The summed E-state index contributed by atoms with van der Waals surface area (Å²) in [4.78, 5) is 24.0. The Morgan fingerprint density at radius 1 is 1.03 bits per heavy atom. The van der Waals surface area contributed by atoms with E-state index in [-0.39, 0.29) is 18.4 Å². The number of fused-ring (bicyclic) bond motifs is 1. The highest BCUT2D eigenvalue weighted by Crippen LogP contribution is 2.27. The van der Waals surface area contributed by atoms with Gasteiger partial charge in [0.1, 0.15) is 30.0 Å². The van der Waals surface area contributed by atoms with E-state index in [0.29, 0.717) is 31.1 Å². The van der Waals surface area contributed by atoms with E-state index in [0.717, 1.165) is 16.6 Å². The highest BCUT2D eigenvalue weighted by molar-refractivity contribution is 6.02. The zero-order valence-electron chi connectivity index (χ0n) is 18.3. The van der Waals surface area contributed by atoms with E-state index in [9.17, 15) is 9.59 Å². The molecule has 31 heavy (non-hydrogen) atoms. The molecule has 0 saturated heterocycles. The maximum Gasteiger partial charge on any atom is 0.302 e. The molecule has 0 aliphatic carbocycles. The summed E-state index contributed by atoms with van der Waals surface area (Å²) < 4.78 is 17.6. The number of aromatic nitrogens is 3. The number of hydrogen-bond acceptors (Lipinski definition) is 7. The van der Waals surface area contributed by atoms with Crippen LogP contribution in [0.1, 0.15) is 36.7 Å². The van der Waals surface area contributed by atoms with Crippen LogP contribution in [0.3, 0.4) is 0 Å². The van der Waals surface area contributed by atoms with Gasteiger partial charge in [-0.05, 0) is 56.7 Å². The van der Waals surface area contributed by atoms with Gasteiger partial charge in [-0.2, -0.15) is 0 Å². The first-order valence-corrected chi connectivity index (χ1v) is 10.1. The van der Waals surface area contributed by atoms with E-state index < -0.39 is 5.54 Å². The van der Waals surface area contributed by atoms with Crippen molar-refractivity contribution in [3.05, 3.63) is 53.6 Å². The summed E-state index contributed by atoms with van der Waals surface area (Å²) >= 11 is 0. The quantitative estimate of drug-likeness (QED) is 0.279. The summed E-state index contributed by atoms with van der Waals surface area (Å²) in [6.45, 7) is 8.19. The second-order valence-corrected chi connectivity index (χ2v) is 7.66. The third-order valence-electron chi connectivity index (χ3n) is 4.89. The molecule has 3 aromatic rings. The minimum absolute atomic E-state index is 0.0633. The Morgan fingerprint density at radius 2 is 1.77 bits per heavy atom. The molecule has 8 heteroatoms. The van der Waals surface area contributed by atoms with Crippen LogP contribution in [-0.2, 0) is 19.8 Å². The van der Waals surface area contributed by atoms with Crippen molar-refractivity contribution in [2.75, 3.05) is 26.4 Å². The SMILES string of the molecule is CC(=O)OCCOCCOc1ccc(C(=O)C(C)(C)n2nnc3ccccc32)cc1C. The van der Waals surface area contributed by atoms with E-state index in [2.05, 4.69) is 10.3 Å². The number of ether oxygens (including phenoxy) is 3. The molecule has 8 nitrogen and oxygen atoms in total. The van der Waals surface area contributed by atoms with Crippen molar-refractivity contribution in [3.8, 4) is 5.75 Å². The molecule has 0 atom stereocenters. The molecule has 0 N–H and O–H groups in total. The van der Waals surface area contributed by atoms with Crippen molar-refractivity contribution in [2.24, 2.45) is 0 Å². The second-order valence-electron chi connectivity index (χ2n) is 7.66. The average molecular weight is 425 g/mol. The van der Waals surface area contributed by atoms with Crippen LogP contribution in [0.25, 0.3) is 11.0 Å². The van der Waals surface area contributed by atoms with Gasteiger partial charge in [0.2, 0.25) is 0 Å². The average Bonchev–Trinajstić information content (AvgIpc) is 3.18. The van der Waals surface area contributed by atoms with Crippen LogP contribution in [-0.4, -0.2) is 53.2 Å². The van der Waals surface area contributed by atoms with Crippen molar-refractivity contribution < 1.29 is 23.8 Å². The second kappa shape index (κ2) is 9.70. The molecule has 0 radical (unpaired) electrons. The van der Waals surface area contributed by atoms with Gasteiger partial charge in [0.25, 0.3) is 0 Å². The number of carbonyl (C=O) groups excluding carboxylic acids is 2. The molecule has 1 heterocycles. The fourth-order valence-corrected chi connectivity index (χ4v) is 3.24. The summed E-state index contributed by atoms with van der Waals surface area (Å²) in [5, 5.41) is 8.38. The molecule has 0 saturated carbocycles. The summed E-state index contributed by atoms with van der Waals surface area (Å²) in [6, 6.07) is 12.9. The van der Waals surface area contributed by atoms with Gasteiger partial charge < -0.3 is 14.2 Å². The molecule has 0 aliphatic heterocycles. The van der Waals surface area contributed by atoms with Crippen LogP contribution < -0.4 is 4.74 Å². The van der Waals surface area contributed by atoms with Gasteiger partial charge in [-0.1, -0.05) is 17.3 Å². The van der Waals surface area contributed by atoms with Crippen molar-refractivity contribution in [2.45, 2.75) is 33.2 Å². The van der Waals surface area contributed by atoms with Crippen LogP contribution in [0.2, 0.25) is 0 Å². The molecule has 164 valence electrons. The highest BCUT2D eigenvalue weighted by atomic mass is 16.6. The number of carbonyl (C=O) groups is 2. The van der Waals surface area contributed by atoms with E-state index >= 15 is 0 Å². The molecule has 0 aliphatic rings. The van der Waals surface area contributed by atoms with Gasteiger partial charge in [0, 0.05) is 12.5 Å². The lowest BCUT2D eigenvalue weighted by molar-refractivity contribution is -0.142. The van der Waals surface area contributed by atoms with Crippen LogP contribution in [0.15, 0.2) is 42.5 Å². The van der Waals surface area contributed by atoms with Crippen molar-refractivity contribution >= 4 is 22.8 Å². The molecule has 0 bridgehead atoms.